The zero-order valence-corrected chi connectivity index (χ0v) is 14.9. The van der Waals surface area contributed by atoms with Crippen LogP contribution in [0.4, 0.5) is 0 Å². The molecule has 1 aliphatic carbocycles. The monoisotopic (exact) mass is 338 g/mol. The van der Waals surface area contributed by atoms with Crippen molar-refractivity contribution in [2.45, 2.75) is 43.6 Å². The summed E-state index contributed by atoms with van der Waals surface area (Å²) in [5, 5.41) is 0. The van der Waals surface area contributed by atoms with Gasteiger partial charge >= 0.3 is 0 Å². The minimum absolute atomic E-state index is 0.278. The molecular weight excluding hydrogens is 312 g/mol. The Morgan fingerprint density at radius 1 is 0.840 bits per heavy atom. The van der Waals surface area contributed by atoms with Crippen LogP contribution < -0.4 is 4.74 Å². The fraction of sp³-hybridized carbons (Fsp3) is 0.455. The van der Waals surface area contributed by atoms with Gasteiger partial charge in [0, 0.05) is 7.11 Å². The molecule has 1 saturated heterocycles. The normalized spacial score (nSPS) is 20.0. The van der Waals surface area contributed by atoms with Crippen LogP contribution in [0.3, 0.4) is 0 Å². The van der Waals surface area contributed by atoms with Crippen LogP contribution in [0.1, 0.15) is 49.1 Å². The SMILES string of the molecule is COC1(c2ccc(Oc3ccc(C4CCCCC4)cc3)cc2)COC1. The van der Waals surface area contributed by atoms with E-state index in [9.17, 15) is 0 Å². The van der Waals surface area contributed by atoms with E-state index in [1.165, 1.54) is 37.7 Å². The third kappa shape index (κ3) is 3.44. The maximum absolute atomic E-state index is 6.00. The Hall–Kier alpha value is -1.84. The second kappa shape index (κ2) is 7.19. The van der Waals surface area contributed by atoms with Crippen molar-refractivity contribution in [2.75, 3.05) is 20.3 Å². The van der Waals surface area contributed by atoms with Crippen LogP contribution in [0.15, 0.2) is 48.5 Å². The summed E-state index contributed by atoms with van der Waals surface area (Å²) >= 11 is 0. The highest BCUT2D eigenvalue weighted by Gasteiger charge is 2.40. The van der Waals surface area contributed by atoms with E-state index in [1.807, 2.05) is 12.1 Å². The number of rotatable bonds is 5. The van der Waals surface area contributed by atoms with Gasteiger partial charge < -0.3 is 14.2 Å². The first-order chi connectivity index (χ1) is 12.3. The van der Waals surface area contributed by atoms with E-state index in [0.29, 0.717) is 13.2 Å². The highest BCUT2D eigenvalue weighted by atomic mass is 16.6. The Kier molecular flexibility index (Phi) is 4.78. The fourth-order valence-electron chi connectivity index (χ4n) is 3.90. The van der Waals surface area contributed by atoms with Crippen LogP contribution in [0.5, 0.6) is 11.5 Å². The molecule has 4 rings (SSSR count). The molecule has 2 aromatic carbocycles. The highest BCUT2D eigenvalue weighted by Crippen LogP contribution is 2.35. The molecule has 25 heavy (non-hydrogen) atoms. The van der Waals surface area contributed by atoms with Gasteiger partial charge in [0.25, 0.3) is 0 Å². The van der Waals surface area contributed by atoms with Crippen LogP contribution in [0.2, 0.25) is 0 Å². The van der Waals surface area contributed by atoms with E-state index in [4.69, 9.17) is 14.2 Å². The summed E-state index contributed by atoms with van der Waals surface area (Å²) in [6.07, 6.45) is 6.77. The molecule has 3 nitrogen and oxygen atoms in total. The third-order valence-corrected chi connectivity index (χ3v) is 5.63. The van der Waals surface area contributed by atoms with E-state index in [-0.39, 0.29) is 5.60 Å². The zero-order chi connectivity index (χ0) is 17.1. The predicted octanol–water partition coefficient (Wildman–Crippen LogP) is 5.40. The largest absolute Gasteiger partial charge is 0.457 e. The lowest BCUT2D eigenvalue weighted by atomic mass is 9.84. The maximum atomic E-state index is 6.00. The molecule has 0 spiro atoms. The summed E-state index contributed by atoms with van der Waals surface area (Å²) in [6, 6.07) is 16.8. The molecule has 1 aliphatic heterocycles. The molecule has 132 valence electrons. The van der Waals surface area contributed by atoms with Crippen molar-refractivity contribution >= 4 is 0 Å². The van der Waals surface area contributed by atoms with Crippen molar-refractivity contribution in [1.82, 2.24) is 0 Å². The van der Waals surface area contributed by atoms with Gasteiger partial charge in [0.15, 0.2) is 0 Å². The molecule has 2 fully saturated rings. The Labute approximate surface area is 149 Å². The van der Waals surface area contributed by atoms with E-state index in [0.717, 1.165) is 23.0 Å². The first-order valence-corrected chi connectivity index (χ1v) is 9.30. The van der Waals surface area contributed by atoms with Gasteiger partial charge in [-0.15, -0.1) is 0 Å². The van der Waals surface area contributed by atoms with Crippen LogP contribution in [-0.2, 0) is 15.1 Å². The molecule has 0 N–H and O–H groups in total. The van der Waals surface area contributed by atoms with E-state index < -0.39 is 0 Å². The lowest BCUT2D eigenvalue weighted by molar-refractivity contribution is -0.202. The topological polar surface area (TPSA) is 27.7 Å². The fourth-order valence-corrected chi connectivity index (χ4v) is 3.90. The minimum atomic E-state index is -0.278. The van der Waals surface area contributed by atoms with Gasteiger partial charge in [0.05, 0.1) is 13.2 Å². The van der Waals surface area contributed by atoms with Gasteiger partial charge in [-0.1, -0.05) is 43.5 Å². The Bertz CT molecular complexity index is 675. The number of hydrogen-bond donors (Lipinski definition) is 0. The summed E-state index contributed by atoms with van der Waals surface area (Å²) in [6.45, 7) is 1.23. The number of methoxy groups -OCH3 is 1. The number of benzene rings is 2. The summed E-state index contributed by atoms with van der Waals surface area (Å²) < 4.78 is 16.9. The average molecular weight is 338 g/mol. The smallest absolute Gasteiger partial charge is 0.139 e. The van der Waals surface area contributed by atoms with Crippen molar-refractivity contribution < 1.29 is 14.2 Å². The van der Waals surface area contributed by atoms with Crippen molar-refractivity contribution in [1.29, 1.82) is 0 Å². The molecule has 0 atom stereocenters. The van der Waals surface area contributed by atoms with Gasteiger partial charge in [0.2, 0.25) is 0 Å². The first-order valence-electron chi connectivity index (χ1n) is 9.30. The Morgan fingerprint density at radius 3 is 1.96 bits per heavy atom. The molecule has 0 bridgehead atoms. The van der Waals surface area contributed by atoms with E-state index in [1.54, 1.807) is 7.11 Å². The van der Waals surface area contributed by atoms with Gasteiger partial charge in [0.1, 0.15) is 17.1 Å². The minimum Gasteiger partial charge on any atom is -0.457 e. The highest BCUT2D eigenvalue weighted by molar-refractivity contribution is 5.37. The molecule has 3 heteroatoms. The molecule has 0 amide bonds. The maximum Gasteiger partial charge on any atom is 0.139 e. The van der Waals surface area contributed by atoms with Crippen molar-refractivity contribution in [3.05, 3.63) is 59.7 Å². The predicted molar refractivity (Wildman–Crippen MR) is 98.3 cm³/mol. The Morgan fingerprint density at radius 2 is 1.44 bits per heavy atom. The second-order valence-corrected chi connectivity index (χ2v) is 7.22. The lowest BCUT2D eigenvalue weighted by Gasteiger charge is -2.40. The molecule has 0 radical (unpaired) electrons. The van der Waals surface area contributed by atoms with Crippen LogP contribution >= 0.6 is 0 Å². The zero-order valence-electron chi connectivity index (χ0n) is 14.9. The third-order valence-electron chi connectivity index (χ3n) is 5.63. The standard InChI is InChI=1S/C22H26O3/c1-23-22(15-24-16-22)19-9-13-21(14-10-19)25-20-11-7-18(8-12-20)17-5-3-2-4-6-17/h7-14,17H,2-6,15-16H2,1H3. The second-order valence-electron chi connectivity index (χ2n) is 7.22. The van der Waals surface area contributed by atoms with Crippen LogP contribution in [0.25, 0.3) is 0 Å². The molecular formula is C22H26O3. The van der Waals surface area contributed by atoms with Gasteiger partial charge in [-0.05, 0) is 54.2 Å². The molecule has 2 aliphatic rings. The van der Waals surface area contributed by atoms with Crippen LogP contribution in [0, 0.1) is 0 Å². The summed E-state index contributed by atoms with van der Waals surface area (Å²) in [5.41, 5.74) is 2.32. The quantitative estimate of drug-likeness (QED) is 0.730. The number of ether oxygens (including phenoxy) is 3. The van der Waals surface area contributed by atoms with Crippen LogP contribution in [-0.4, -0.2) is 20.3 Å². The average Bonchev–Trinajstić information content (AvgIpc) is 2.64. The van der Waals surface area contributed by atoms with Gasteiger partial charge in [-0.3, -0.25) is 0 Å². The summed E-state index contributed by atoms with van der Waals surface area (Å²) in [5.74, 6) is 2.47. The van der Waals surface area contributed by atoms with E-state index >= 15 is 0 Å². The summed E-state index contributed by atoms with van der Waals surface area (Å²) in [7, 11) is 1.74. The molecule has 1 heterocycles. The number of hydrogen-bond acceptors (Lipinski definition) is 3. The molecule has 2 aromatic rings. The van der Waals surface area contributed by atoms with Gasteiger partial charge in [-0.25, -0.2) is 0 Å². The molecule has 1 saturated carbocycles. The molecule has 0 aromatic heterocycles. The summed E-state index contributed by atoms with van der Waals surface area (Å²) in [4.78, 5) is 0. The Balaban J connectivity index is 1.41. The lowest BCUT2D eigenvalue weighted by Crippen LogP contribution is -2.48. The molecule has 0 unspecified atom stereocenters. The van der Waals surface area contributed by atoms with Gasteiger partial charge in [-0.2, -0.15) is 0 Å². The first kappa shape index (κ1) is 16.6. The van der Waals surface area contributed by atoms with E-state index in [2.05, 4.69) is 36.4 Å². The van der Waals surface area contributed by atoms with Crippen molar-refractivity contribution in [3.63, 3.8) is 0 Å². The van der Waals surface area contributed by atoms with Crippen molar-refractivity contribution in [3.8, 4) is 11.5 Å². The van der Waals surface area contributed by atoms with Crippen molar-refractivity contribution in [2.24, 2.45) is 0 Å².